The summed E-state index contributed by atoms with van der Waals surface area (Å²) in [4.78, 5) is 16.1. The molecule has 1 heterocycles. The Kier molecular flexibility index (Phi) is 8.22. The third-order valence-corrected chi connectivity index (χ3v) is 7.28. The molecule has 0 aliphatic carbocycles. The van der Waals surface area contributed by atoms with Crippen LogP contribution in [0.2, 0.25) is 0 Å². The Balaban J connectivity index is 1.49. The molecule has 0 fully saturated rings. The van der Waals surface area contributed by atoms with Gasteiger partial charge in [0.05, 0.1) is 4.90 Å². The number of rotatable bonds is 9. The van der Waals surface area contributed by atoms with E-state index in [4.69, 9.17) is 0 Å². The van der Waals surface area contributed by atoms with E-state index in [0.29, 0.717) is 23.4 Å². The first-order chi connectivity index (χ1) is 17.8. The number of hydrogen-bond donors (Lipinski definition) is 2. The lowest BCUT2D eigenvalue weighted by molar-refractivity contribution is 0.251. The fourth-order valence-corrected chi connectivity index (χ4v) is 4.99. The van der Waals surface area contributed by atoms with Gasteiger partial charge < -0.3 is 10.6 Å². The second-order valence-electron chi connectivity index (χ2n) is 8.22. The van der Waals surface area contributed by atoms with Crippen molar-refractivity contribution >= 4 is 21.7 Å². The summed E-state index contributed by atoms with van der Waals surface area (Å²) in [5, 5.41) is 5.37. The Morgan fingerprint density at radius 1 is 0.784 bits per heavy atom. The Bertz CT molecular complexity index is 1450. The topological polar surface area (TPSA) is 91.4 Å². The summed E-state index contributed by atoms with van der Waals surface area (Å²) < 4.78 is 55.4. The molecule has 37 heavy (non-hydrogen) atoms. The zero-order valence-electron chi connectivity index (χ0n) is 19.6. The number of nitrogens with one attached hydrogen (secondary N) is 2. The van der Waals surface area contributed by atoms with Crippen LogP contribution >= 0.6 is 0 Å². The Morgan fingerprint density at radius 2 is 1.46 bits per heavy atom. The van der Waals surface area contributed by atoms with Crippen LogP contribution in [0.3, 0.4) is 0 Å². The quantitative estimate of drug-likeness (QED) is 0.321. The molecule has 4 rings (SSSR count). The van der Waals surface area contributed by atoms with Gasteiger partial charge >= 0.3 is 6.03 Å². The van der Waals surface area contributed by atoms with E-state index in [0.717, 1.165) is 5.56 Å². The van der Waals surface area contributed by atoms with E-state index in [1.165, 1.54) is 71.0 Å². The van der Waals surface area contributed by atoms with Crippen molar-refractivity contribution < 1.29 is 22.0 Å². The van der Waals surface area contributed by atoms with Crippen LogP contribution in [-0.4, -0.2) is 23.7 Å². The first kappa shape index (κ1) is 25.9. The minimum absolute atomic E-state index is 0.00578. The largest absolute Gasteiger partial charge is 0.334 e. The molecular weight excluding hydrogens is 498 g/mol. The smallest absolute Gasteiger partial charge is 0.319 e. The highest BCUT2D eigenvalue weighted by atomic mass is 32.2. The number of nitrogens with zero attached hydrogens (tertiary/aromatic N) is 2. The number of amides is 2. The van der Waals surface area contributed by atoms with Crippen molar-refractivity contribution in [3.05, 3.63) is 126 Å². The number of aromatic nitrogens is 1. The van der Waals surface area contributed by atoms with Crippen molar-refractivity contribution in [1.82, 2.24) is 14.6 Å². The summed E-state index contributed by atoms with van der Waals surface area (Å²) in [6.07, 6.45) is 3.25. The van der Waals surface area contributed by atoms with Crippen LogP contribution in [0.15, 0.2) is 102 Å². The molecule has 7 nitrogen and oxygen atoms in total. The van der Waals surface area contributed by atoms with E-state index in [2.05, 4.69) is 15.6 Å². The molecule has 2 N–H and O–H groups in total. The predicted octanol–water partition coefficient (Wildman–Crippen LogP) is 5.07. The maximum absolute atomic E-state index is 13.8. The maximum atomic E-state index is 13.8. The normalized spacial score (nSPS) is 11.3. The number of anilines is 1. The predicted molar refractivity (Wildman–Crippen MR) is 136 cm³/mol. The molecule has 0 atom stereocenters. The van der Waals surface area contributed by atoms with Crippen molar-refractivity contribution in [2.45, 2.75) is 24.5 Å². The fraction of sp³-hybridized carbons (Fsp3) is 0.111. The summed E-state index contributed by atoms with van der Waals surface area (Å²) in [5.41, 5.74) is 2.33. The van der Waals surface area contributed by atoms with Gasteiger partial charge in [-0.05, 0) is 77.4 Å². The van der Waals surface area contributed by atoms with Crippen molar-refractivity contribution in [3.63, 3.8) is 0 Å². The Labute approximate surface area is 213 Å². The zero-order valence-corrected chi connectivity index (χ0v) is 20.5. The molecule has 0 radical (unpaired) electrons. The summed E-state index contributed by atoms with van der Waals surface area (Å²) in [6.45, 7) is 0.171. The molecule has 0 aliphatic heterocycles. The van der Waals surface area contributed by atoms with Gasteiger partial charge in [-0.2, -0.15) is 4.31 Å². The van der Waals surface area contributed by atoms with Gasteiger partial charge in [0.25, 0.3) is 0 Å². The highest BCUT2D eigenvalue weighted by molar-refractivity contribution is 7.89. The second kappa shape index (κ2) is 11.7. The number of carbonyl (C=O) groups excluding carboxylic acids is 1. The molecule has 0 bridgehead atoms. The first-order valence-corrected chi connectivity index (χ1v) is 12.8. The lowest BCUT2D eigenvalue weighted by Gasteiger charge is -2.23. The lowest BCUT2D eigenvalue weighted by atomic mass is 10.2. The average Bonchev–Trinajstić information content (AvgIpc) is 2.89. The summed E-state index contributed by atoms with van der Waals surface area (Å²) in [6, 6.07) is 20.0. The van der Waals surface area contributed by atoms with Gasteiger partial charge in [-0.25, -0.2) is 22.0 Å². The number of halogens is 2. The van der Waals surface area contributed by atoms with Crippen LogP contribution in [0.4, 0.5) is 19.3 Å². The van der Waals surface area contributed by atoms with Crippen LogP contribution in [0.1, 0.15) is 16.7 Å². The molecule has 2 amide bonds. The number of urea groups is 1. The molecular formula is C27H24F2N4O3S. The fourth-order valence-electron chi connectivity index (χ4n) is 3.58. The summed E-state index contributed by atoms with van der Waals surface area (Å²) in [7, 11) is -4.03. The Morgan fingerprint density at radius 3 is 2.14 bits per heavy atom. The highest BCUT2D eigenvalue weighted by Crippen LogP contribution is 2.23. The summed E-state index contributed by atoms with van der Waals surface area (Å²) >= 11 is 0. The number of benzene rings is 3. The van der Waals surface area contributed by atoms with Crippen LogP contribution < -0.4 is 10.6 Å². The van der Waals surface area contributed by atoms with Crippen molar-refractivity contribution in [3.8, 4) is 0 Å². The number of pyridine rings is 1. The van der Waals surface area contributed by atoms with Crippen molar-refractivity contribution in [1.29, 1.82) is 0 Å². The maximum Gasteiger partial charge on any atom is 0.319 e. The van der Waals surface area contributed by atoms with Gasteiger partial charge in [-0.1, -0.05) is 24.3 Å². The second-order valence-corrected chi connectivity index (χ2v) is 10.2. The molecule has 190 valence electrons. The third kappa shape index (κ3) is 7.18. The molecule has 0 saturated heterocycles. The molecule has 0 saturated carbocycles. The van der Waals surface area contributed by atoms with E-state index in [9.17, 15) is 22.0 Å². The van der Waals surface area contributed by atoms with Crippen LogP contribution in [-0.2, 0) is 29.7 Å². The van der Waals surface area contributed by atoms with Gasteiger partial charge in [0.1, 0.15) is 11.6 Å². The zero-order chi connectivity index (χ0) is 26.3. The summed E-state index contributed by atoms with van der Waals surface area (Å²) in [5.74, 6) is -0.912. The van der Waals surface area contributed by atoms with Gasteiger partial charge in [-0.15, -0.1) is 0 Å². The van der Waals surface area contributed by atoms with E-state index >= 15 is 0 Å². The monoisotopic (exact) mass is 522 g/mol. The van der Waals surface area contributed by atoms with Gasteiger partial charge in [0.2, 0.25) is 10.0 Å². The average molecular weight is 523 g/mol. The highest BCUT2D eigenvalue weighted by Gasteiger charge is 2.25. The first-order valence-electron chi connectivity index (χ1n) is 11.3. The Hall–Kier alpha value is -4.15. The van der Waals surface area contributed by atoms with E-state index in [-0.39, 0.29) is 18.0 Å². The molecule has 1 aromatic heterocycles. The van der Waals surface area contributed by atoms with E-state index in [1.807, 2.05) is 0 Å². The SMILES string of the molecule is O=C(NCc1ccncc1)Nc1ccc(S(=O)(=O)N(Cc2ccc(F)cc2)Cc2cccc(F)c2)cc1. The number of hydrogen-bond acceptors (Lipinski definition) is 4. The molecule has 3 aromatic carbocycles. The molecule has 0 unspecified atom stereocenters. The van der Waals surface area contributed by atoms with Crippen molar-refractivity contribution in [2.24, 2.45) is 0 Å². The van der Waals surface area contributed by atoms with E-state index < -0.39 is 27.7 Å². The molecule has 0 aliphatic rings. The molecule has 4 aromatic rings. The number of sulfonamides is 1. The molecule has 10 heteroatoms. The molecule has 0 spiro atoms. The minimum atomic E-state index is -4.03. The van der Waals surface area contributed by atoms with Gasteiger partial charge in [0.15, 0.2) is 0 Å². The van der Waals surface area contributed by atoms with Crippen LogP contribution in [0, 0.1) is 11.6 Å². The van der Waals surface area contributed by atoms with Crippen molar-refractivity contribution in [2.75, 3.05) is 5.32 Å². The third-order valence-electron chi connectivity index (χ3n) is 5.47. The number of carbonyl (C=O) groups is 1. The van der Waals surface area contributed by atoms with E-state index in [1.54, 1.807) is 30.6 Å². The van der Waals surface area contributed by atoms with Gasteiger partial charge in [-0.3, -0.25) is 4.98 Å². The van der Waals surface area contributed by atoms with Crippen LogP contribution in [0.25, 0.3) is 0 Å². The lowest BCUT2D eigenvalue weighted by Crippen LogP contribution is -2.30. The van der Waals surface area contributed by atoms with Gasteiger partial charge in [0, 0.05) is 37.7 Å². The standard InChI is InChI=1S/C27H24F2N4O3S/c28-23-6-4-21(5-7-23)18-33(19-22-2-1-3-24(29)16-22)37(35,36)26-10-8-25(9-11-26)32-27(34)31-17-20-12-14-30-15-13-20/h1-16H,17-19H2,(H2,31,32,34). The van der Waals surface area contributed by atoms with Crippen LogP contribution in [0.5, 0.6) is 0 Å². The minimum Gasteiger partial charge on any atom is -0.334 e.